The molecule has 8 heteroatoms. The van der Waals surface area contributed by atoms with Gasteiger partial charge in [-0.25, -0.2) is 13.1 Å². The second-order valence-electron chi connectivity index (χ2n) is 7.24. The maximum absolute atomic E-state index is 12.8. The molecule has 0 radical (unpaired) electrons. The summed E-state index contributed by atoms with van der Waals surface area (Å²) in [5.41, 5.74) is 5.25. The molecule has 1 aliphatic rings. The van der Waals surface area contributed by atoms with Crippen LogP contribution in [0, 0.1) is 0 Å². The van der Waals surface area contributed by atoms with Gasteiger partial charge in [-0.3, -0.25) is 15.2 Å². The first-order valence-electron chi connectivity index (χ1n) is 9.81. The van der Waals surface area contributed by atoms with Gasteiger partial charge < -0.3 is 0 Å². The van der Waals surface area contributed by atoms with E-state index < -0.39 is 10.0 Å². The van der Waals surface area contributed by atoms with E-state index in [0.29, 0.717) is 6.54 Å². The Morgan fingerprint density at radius 1 is 1.21 bits per heavy atom. The molecule has 1 aliphatic heterocycles. The van der Waals surface area contributed by atoms with Crippen molar-refractivity contribution in [2.45, 2.75) is 50.5 Å². The van der Waals surface area contributed by atoms with Crippen LogP contribution in [-0.4, -0.2) is 26.9 Å². The Labute approximate surface area is 177 Å². The predicted octanol–water partition coefficient (Wildman–Crippen LogP) is 3.90. The zero-order chi connectivity index (χ0) is 21.0. The van der Waals surface area contributed by atoms with E-state index in [2.05, 4.69) is 10.1 Å². The molecular formula is C21H26ClN3O3S. The third-order valence-corrected chi connectivity index (χ3v) is 6.93. The quantitative estimate of drug-likeness (QED) is 0.616. The fourth-order valence-electron chi connectivity index (χ4n) is 3.42. The van der Waals surface area contributed by atoms with Crippen LogP contribution in [0.5, 0.6) is 0 Å². The second-order valence-corrected chi connectivity index (χ2v) is 9.39. The molecule has 0 aliphatic carbocycles. The molecule has 156 valence electrons. The first kappa shape index (κ1) is 21.6. The number of amides is 1. The number of hydrogen-bond acceptors (Lipinski definition) is 4. The molecule has 1 atom stereocenters. The summed E-state index contributed by atoms with van der Waals surface area (Å²) in [5.74, 6) is -0.382. The fraction of sp³-hybridized carbons (Fsp3) is 0.381. The summed E-state index contributed by atoms with van der Waals surface area (Å²) in [4.78, 5) is 12.7. The van der Waals surface area contributed by atoms with Gasteiger partial charge in [0, 0.05) is 12.1 Å². The Balaban J connectivity index is 1.78. The number of carbonyl (C=O) groups excluding carboxylic acids is 1. The minimum atomic E-state index is -3.79. The van der Waals surface area contributed by atoms with E-state index in [1.807, 2.05) is 43.1 Å². The normalized spacial score (nSPS) is 16.0. The number of benzene rings is 2. The van der Waals surface area contributed by atoms with Crippen molar-refractivity contribution in [3.63, 3.8) is 0 Å². The lowest BCUT2D eigenvalue weighted by atomic mass is 10.1. The number of nitrogens with one attached hydrogen (secondary N) is 2. The standard InChI is InChI=1S/C21H26ClN3O3S/c1-3-4-7-12-23-29(27,28)20-14-17(10-11-18(20)22)21(26)24-25-15(2)13-16-8-5-6-9-19(16)25/h5-6,8-11,14-15,23H,3-4,7,12-13H2,1-2H3,(H,24,26). The topological polar surface area (TPSA) is 78.5 Å². The van der Waals surface area contributed by atoms with E-state index in [1.165, 1.54) is 18.2 Å². The summed E-state index contributed by atoms with van der Waals surface area (Å²) in [7, 11) is -3.79. The molecule has 2 aromatic rings. The Hall–Kier alpha value is -2.09. The van der Waals surface area contributed by atoms with Crippen LogP contribution in [0.15, 0.2) is 47.4 Å². The molecule has 2 aromatic carbocycles. The highest BCUT2D eigenvalue weighted by molar-refractivity contribution is 7.89. The van der Waals surface area contributed by atoms with Gasteiger partial charge >= 0.3 is 0 Å². The van der Waals surface area contributed by atoms with Crippen LogP contribution in [0.2, 0.25) is 5.02 Å². The van der Waals surface area contributed by atoms with Gasteiger partial charge in [-0.2, -0.15) is 0 Å². The van der Waals surface area contributed by atoms with Crippen LogP contribution in [0.25, 0.3) is 0 Å². The number of fused-ring (bicyclic) bond motifs is 1. The summed E-state index contributed by atoms with van der Waals surface area (Å²) < 4.78 is 27.8. The van der Waals surface area contributed by atoms with Crippen LogP contribution in [-0.2, 0) is 16.4 Å². The molecule has 0 bridgehead atoms. The molecule has 1 heterocycles. The number of unbranched alkanes of at least 4 members (excludes halogenated alkanes) is 2. The smallest absolute Gasteiger partial charge is 0.269 e. The van der Waals surface area contributed by atoms with Gasteiger partial charge in [-0.05, 0) is 49.6 Å². The van der Waals surface area contributed by atoms with E-state index in [4.69, 9.17) is 11.6 Å². The van der Waals surface area contributed by atoms with E-state index in [-0.39, 0.29) is 27.4 Å². The van der Waals surface area contributed by atoms with Gasteiger partial charge in [0.2, 0.25) is 10.0 Å². The molecule has 0 aromatic heterocycles. The minimum absolute atomic E-state index is 0.0850. The van der Waals surface area contributed by atoms with Crippen molar-refractivity contribution in [3.05, 3.63) is 58.6 Å². The van der Waals surface area contributed by atoms with E-state index in [9.17, 15) is 13.2 Å². The number of nitrogens with zero attached hydrogens (tertiary/aromatic N) is 1. The fourth-order valence-corrected chi connectivity index (χ4v) is 5.02. The Morgan fingerprint density at radius 3 is 2.72 bits per heavy atom. The first-order valence-corrected chi connectivity index (χ1v) is 11.7. The Bertz CT molecular complexity index is 994. The molecule has 1 unspecified atom stereocenters. The average Bonchev–Trinajstić information content (AvgIpc) is 3.01. The zero-order valence-electron chi connectivity index (χ0n) is 16.6. The molecule has 29 heavy (non-hydrogen) atoms. The zero-order valence-corrected chi connectivity index (χ0v) is 18.2. The van der Waals surface area contributed by atoms with E-state index in [0.717, 1.165) is 36.9 Å². The third-order valence-electron chi connectivity index (χ3n) is 4.98. The summed E-state index contributed by atoms with van der Waals surface area (Å²) in [6, 6.07) is 12.3. The van der Waals surface area contributed by atoms with Crippen molar-refractivity contribution >= 4 is 33.2 Å². The maximum atomic E-state index is 12.8. The molecule has 0 saturated carbocycles. The van der Waals surface area contributed by atoms with Crippen molar-refractivity contribution in [2.75, 3.05) is 11.6 Å². The van der Waals surface area contributed by atoms with Gasteiger partial charge in [-0.15, -0.1) is 0 Å². The lowest BCUT2D eigenvalue weighted by molar-refractivity contribution is 0.0946. The van der Waals surface area contributed by atoms with Gasteiger partial charge in [-0.1, -0.05) is 49.6 Å². The molecular weight excluding hydrogens is 410 g/mol. The van der Waals surface area contributed by atoms with Gasteiger partial charge in [0.15, 0.2) is 0 Å². The lowest BCUT2D eigenvalue weighted by Gasteiger charge is -2.25. The predicted molar refractivity (Wildman–Crippen MR) is 116 cm³/mol. The number of sulfonamides is 1. The van der Waals surface area contributed by atoms with Crippen LogP contribution in [0.4, 0.5) is 5.69 Å². The monoisotopic (exact) mass is 435 g/mol. The first-order chi connectivity index (χ1) is 13.8. The molecule has 3 rings (SSSR count). The lowest BCUT2D eigenvalue weighted by Crippen LogP contribution is -2.45. The molecule has 2 N–H and O–H groups in total. The molecule has 6 nitrogen and oxygen atoms in total. The number of carbonyl (C=O) groups is 1. The van der Waals surface area contributed by atoms with E-state index in [1.54, 1.807) is 0 Å². The molecule has 0 fully saturated rings. The van der Waals surface area contributed by atoms with Crippen molar-refractivity contribution < 1.29 is 13.2 Å². The number of halogens is 1. The van der Waals surface area contributed by atoms with Crippen LogP contribution >= 0.6 is 11.6 Å². The SMILES string of the molecule is CCCCCNS(=O)(=O)c1cc(C(=O)NN2c3ccccc3CC2C)ccc1Cl. The summed E-state index contributed by atoms with van der Waals surface area (Å²) in [5, 5.41) is 1.91. The van der Waals surface area contributed by atoms with Gasteiger partial charge in [0.05, 0.1) is 16.8 Å². The maximum Gasteiger partial charge on any atom is 0.269 e. The number of hydrazine groups is 1. The highest BCUT2D eigenvalue weighted by Gasteiger charge is 2.28. The van der Waals surface area contributed by atoms with Gasteiger partial charge in [0.25, 0.3) is 5.91 Å². The van der Waals surface area contributed by atoms with Crippen molar-refractivity contribution in [3.8, 4) is 0 Å². The number of anilines is 1. The molecule has 1 amide bonds. The van der Waals surface area contributed by atoms with Crippen molar-refractivity contribution in [2.24, 2.45) is 0 Å². The van der Waals surface area contributed by atoms with Crippen molar-refractivity contribution in [1.82, 2.24) is 10.1 Å². The summed E-state index contributed by atoms with van der Waals surface area (Å²) in [6.45, 7) is 4.41. The number of para-hydroxylation sites is 1. The van der Waals surface area contributed by atoms with Crippen LogP contribution < -0.4 is 15.2 Å². The average molecular weight is 436 g/mol. The number of hydrogen-bond donors (Lipinski definition) is 2. The van der Waals surface area contributed by atoms with Crippen LogP contribution in [0.3, 0.4) is 0 Å². The van der Waals surface area contributed by atoms with E-state index >= 15 is 0 Å². The van der Waals surface area contributed by atoms with Crippen molar-refractivity contribution in [1.29, 1.82) is 0 Å². The second kappa shape index (κ2) is 9.15. The van der Waals surface area contributed by atoms with Gasteiger partial charge in [0.1, 0.15) is 4.90 Å². The summed E-state index contributed by atoms with van der Waals surface area (Å²) in [6.07, 6.45) is 3.52. The Morgan fingerprint density at radius 2 is 1.97 bits per heavy atom. The highest BCUT2D eigenvalue weighted by Crippen LogP contribution is 2.30. The van der Waals surface area contributed by atoms with Crippen LogP contribution in [0.1, 0.15) is 49.0 Å². The largest absolute Gasteiger partial charge is 0.282 e. The Kier molecular flexibility index (Phi) is 6.82. The molecule has 0 saturated heterocycles. The third kappa shape index (κ3) is 4.91. The summed E-state index contributed by atoms with van der Waals surface area (Å²) >= 11 is 6.12. The minimum Gasteiger partial charge on any atom is -0.282 e. The molecule has 0 spiro atoms. The highest BCUT2D eigenvalue weighted by atomic mass is 35.5. The number of rotatable bonds is 8.